The molecule has 158 valence electrons. The second-order valence-electron chi connectivity index (χ2n) is 8.94. The molecular weight excluding hydrogens is 398 g/mol. The average Bonchev–Trinajstić information content (AvgIpc) is 3.36. The molecule has 2 fully saturated rings. The van der Waals surface area contributed by atoms with Gasteiger partial charge in [0.1, 0.15) is 5.52 Å². The number of rotatable bonds is 6. The van der Waals surface area contributed by atoms with Gasteiger partial charge in [0.15, 0.2) is 5.65 Å². The maximum atomic E-state index is 6.19. The van der Waals surface area contributed by atoms with Crippen molar-refractivity contribution in [2.45, 2.75) is 57.0 Å². The number of halogens is 1. The summed E-state index contributed by atoms with van der Waals surface area (Å²) in [6, 6.07) is 8.03. The van der Waals surface area contributed by atoms with E-state index in [9.17, 15) is 0 Å². The molecule has 2 saturated carbocycles. The average molecular weight is 426 g/mol. The van der Waals surface area contributed by atoms with E-state index in [-0.39, 0.29) is 5.54 Å². The molecule has 3 aromatic rings. The molecule has 7 nitrogen and oxygen atoms in total. The van der Waals surface area contributed by atoms with Gasteiger partial charge in [-0.3, -0.25) is 4.57 Å². The second-order valence-corrected chi connectivity index (χ2v) is 9.38. The highest BCUT2D eigenvalue weighted by molar-refractivity contribution is 6.30. The number of fused-ring (bicyclic) bond motifs is 1. The minimum Gasteiger partial charge on any atom is -0.349 e. The summed E-state index contributed by atoms with van der Waals surface area (Å²) < 4.78 is 2.26. The maximum Gasteiger partial charge on any atom is 0.225 e. The van der Waals surface area contributed by atoms with E-state index in [1.165, 1.54) is 0 Å². The molecule has 2 heterocycles. The number of nitrogens with two attached hydrogens (primary N) is 1. The fourth-order valence-corrected chi connectivity index (χ4v) is 4.49. The molecule has 1 aromatic carbocycles. The first-order valence-electron chi connectivity index (χ1n) is 10.8. The number of aromatic nitrogens is 4. The lowest BCUT2D eigenvalue weighted by atomic mass is 9.86. The molecule has 0 aliphatic heterocycles. The summed E-state index contributed by atoms with van der Waals surface area (Å²) in [5.41, 5.74) is 8.62. The van der Waals surface area contributed by atoms with E-state index in [2.05, 4.69) is 27.1 Å². The Morgan fingerprint density at radius 2 is 2.00 bits per heavy atom. The molecule has 0 atom stereocenters. The first kappa shape index (κ1) is 19.6. The molecule has 0 unspecified atom stereocenters. The molecule has 30 heavy (non-hydrogen) atoms. The van der Waals surface area contributed by atoms with Crippen LogP contribution in [0.5, 0.6) is 0 Å². The Morgan fingerprint density at radius 3 is 2.70 bits per heavy atom. The third-order valence-corrected chi connectivity index (χ3v) is 6.68. The van der Waals surface area contributed by atoms with Crippen LogP contribution >= 0.6 is 11.6 Å². The van der Waals surface area contributed by atoms with E-state index in [0.29, 0.717) is 22.9 Å². The zero-order chi connectivity index (χ0) is 20.7. The molecular formula is C22H28ClN7. The highest BCUT2D eigenvalue weighted by Gasteiger charge is 2.38. The van der Waals surface area contributed by atoms with Crippen molar-refractivity contribution >= 4 is 40.3 Å². The molecule has 5 rings (SSSR count). The van der Waals surface area contributed by atoms with Crippen molar-refractivity contribution in [2.24, 2.45) is 11.7 Å². The van der Waals surface area contributed by atoms with Crippen molar-refractivity contribution in [1.29, 1.82) is 0 Å². The summed E-state index contributed by atoms with van der Waals surface area (Å²) in [6.45, 7) is 2.97. The van der Waals surface area contributed by atoms with Crippen LogP contribution in [0.15, 0.2) is 30.5 Å². The fraction of sp³-hybridized carbons (Fsp3) is 0.500. The Morgan fingerprint density at radius 1 is 1.20 bits per heavy atom. The van der Waals surface area contributed by atoms with Crippen LogP contribution < -0.4 is 16.4 Å². The summed E-state index contributed by atoms with van der Waals surface area (Å²) in [5.74, 6) is 2.07. The SMILES string of the molecule is CC1(Nc2ncc3nc(Nc4cccc(Cl)c4)n([C@H]4CC[C@@H](CN)CC4)c3n2)CC1. The standard InChI is InChI=1S/C22H28ClN7/c1-22(9-10-22)29-20-25-13-18-19(28-20)30(17-7-5-14(12-24)6-8-17)21(27-18)26-16-4-2-3-15(23)11-16/h2-4,11,13-14,17H,5-10,12,24H2,1H3,(H,26,27)(H,25,28,29)/t14-,17+. The van der Waals surface area contributed by atoms with Gasteiger partial charge in [0.05, 0.1) is 6.20 Å². The van der Waals surface area contributed by atoms with Crippen LogP contribution in [0.2, 0.25) is 5.02 Å². The Balaban J connectivity index is 1.53. The van der Waals surface area contributed by atoms with Gasteiger partial charge >= 0.3 is 0 Å². The van der Waals surface area contributed by atoms with E-state index in [1.54, 1.807) is 0 Å². The molecule has 0 saturated heterocycles. The molecule has 0 spiro atoms. The smallest absolute Gasteiger partial charge is 0.225 e. The van der Waals surface area contributed by atoms with Gasteiger partial charge in [-0.1, -0.05) is 17.7 Å². The predicted molar refractivity (Wildman–Crippen MR) is 121 cm³/mol. The summed E-state index contributed by atoms with van der Waals surface area (Å²) in [7, 11) is 0. The Bertz CT molecular complexity index is 1050. The zero-order valence-electron chi connectivity index (χ0n) is 17.2. The summed E-state index contributed by atoms with van der Waals surface area (Å²) >= 11 is 6.19. The van der Waals surface area contributed by atoms with E-state index < -0.39 is 0 Å². The van der Waals surface area contributed by atoms with E-state index in [4.69, 9.17) is 27.3 Å². The topological polar surface area (TPSA) is 93.7 Å². The van der Waals surface area contributed by atoms with Gasteiger partial charge < -0.3 is 16.4 Å². The molecule has 2 aliphatic carbocycles. The third-order valence-electron chi connectivity index (χ3n) is 6.44. The molecule has 2 aromatic heterocycles. The summed E-state index contributed by atoms with van der Waals surface area (Å²) in [5, 5.41) is 7.63. The molecule has 0 bridgehead atoms. The van der Waals surface area contributed by atoms with Gasteiger partial charge in [-0.2, -0.15) is 4.98 Å². The summed E-state index contributed by atoms with van der Waals surface area (Å²) in [6.07, 6.45) is 8.53. The highest BCUT2D eigenvalue weighted by Crippen LogP contribution is 2.39. The highest BCUT2D eigenvalue weighted by atomic mass is 35.5. The van der Waals surface area contributed by atoms with Crippen LogP contribution in [0.4, 0.5) is 17.6 Å². The Labute approximate surface area is 181 Å². The number of nitrogens with one attached hydrogen (secondary N) is 2. The number of nitrogens with zero attached hydrogens (tertiary/aromatic N) is 4. The largest absolute Gasteiger partial charge is 0.349 e. The molecule has 0 radical (unpaired) electrons. The predicted octanol–water partition coefficient (Wildman–Crippen LogP) is 4.88. The van der Waals surface area contributed by atoms with Crippen molar-refractivity contribution < 1.29 is 0 Å². The van der Waals surface area contributed by atoms with Gasteiger partial charge in [0.2, 0.25) is 11.9 Å². The number of hydrogen-bond acceptors (Lipinski definition) is 6. The Hall–Kier alpha value is -2.38. The number of benzene rings is 1. The van der Waals surface area contributed by atoms with Gasteiger partial charge in [0.25, 0.3) is 0 Å². The zero-order valence-corrected chi connectivity index (χ0v) is 18.0. The van der Waals surface area contributed by atoms with Gasteiger partial charge in [-0.25, -0.2) is 9.97 Å². The quantitative estimate of drug-likeness (QED) is 0.521. The van der Waals surface area contributed by atoms with Crippen LogP contribution in [0, 0.1) is 5.92 Å². The first-order chi connectivity index (χ1) is 14.5. The lowest BCUT2D eigenvalue weighted by molar-refractivity contribution is 0.284. The monoisotopic (exact) mass is 425 g/mol. The fourth-order valence-electron chi connectivity index (χ4n) is 4.30. The molecule has 8 heteroatoms. The number of imidazole rings is 1. The van der Waals surface area contributed by atoms with E-state index in [0.717, 1.165) is 67.9 Å². The van der Waals surface area contributed by atoms with Crippen LogP contribution in [-0.4, -0.2) is 31.6 Å². The minimum atomic E-state index is 0.125. The van der Waals surface area contributed by atoms with E-state index in [1.807, 2.05) is 30.5 Å². The van der Waals surface area contributed by atoms with Crippen LogP contribution in [-0.2, 0) is 0 Å². The number of anilines is 3. The molecule has 0 amide bonds. The van der Waals surface area contributed by atoms with Crippen molar-refractivity contribution in [3.63, 3.8) is 0 Å². The first-order valence-corrected chi connectivity index (χ1v) is 11.2. The van der Waals surface area contributed by atoms with Gasteiger partial charge in [0, 0.05) is 22.3 Å². The van der Waals surface area contributed by atoms with Crippen molar-refractivity contribution in [2.75, 3.05) is 17.2 Å². The maximum absolute atomic E-state index is 6.19. The Kier molecular flexibility index (Phi) is 5.03. The summed E-state index contributed by atoms with van der Waals surface area (Å²) in [4.78, 5) is 14.2. The second kappa shape index (κ2) is 7.71. The minimum absolute atomic E-state index is 0.125. The molecule has 4 N–H and O–H groups in total. The van der Waals surface area contributed by atoms with Crippen molar-refractivity contribution in [1.82, 2.24) is 19.5 Å². The third kappa shape index (κ3) is 3.96. The number of hydrogen-bond donors (Lipinski definition) is 3. The molecule has 2 aliphatic rings. The van der Waals surface area contributed by atoms with Crippen LogP contribution in [0.25, 0.3) is 11.2 Å². The van der Waals surface area contributed by atoms with Crippen LogP contribution in [0.1, 0.15) is 51.5 Å². The lowest BCUT2D eigenvalue weighted by Crippen LogP contribution is -2.24. The van der Waals surface area contributed by atoms with E-state index >= 15 is 0 Å². The van der Waals surface area contributed by atoms with Crippen molar-refractivity contribution in [3.05, 3.63) is 35.5 Å². The van der Waals surface area contributed by atoms with Crippen molar-refractivity contribution in [3.8, 4) is 0 Å². The van der Waals surface area contributed by atoms with Gasteiger partial charge in [-0.05, 0) is 76.1 Å². The van der Waals surface area contributed by atoms with Gasteiger partial charge in [-0.15, -0.1) is 0 Å². The lowest BCUT2D eigenvalue weighted by Gasteiger charge is -2.29. The van der Waals surface area contributed by atoms with Crippen LogP contribution in [0.3, 0.4) is 0 Å². The normalized spacial score (nSPS) is 22.8.